The molecule has 1 aliphatic rings. The number of ether oxygens (including phenoxy) is 1. The number of hydrogen-bond acceptors (Lipinski definition) is 2. The third-order valence-corrected chi connectivity index (χ3v) is 4.93. The third kappa shape index (κ3) is 3.55. The van der Waals surface area contributed by atoms with E-state index in [1.807, 2.05) is 0 Å². The lowest BCUT2D eigenvalue weighted by molar-refractivity contribution is 0.410. The van der Waals surface area contributed by atoms with Crippen molar-refractivity contribution >= 4 is 10.8 Å². The zero-order valence-corrected chi connectivity index (χ0v) is 11.5. The van der Waals surface area contributed by atoms with E-state index in [9.17, 15) is 8.60 Å². The van der Waals surface area contributed by atoms with Crippen LogP contribution in [-0.2, 0) is 16.6 Å². The highest BCUT2D eigenvalue weighted by atomic mass is 32.2. The minimum absolute atomic E-state index is 0.302. The van der Waals surface area contributed by atoms with Gasteiger partial charge in [-0.3, -0.25) is 4.21 Å². The van der Waals surface area contributed by atoms with Crippen LogP contribution < -0.4 is 4.74 Å². The maximum Gasteiger partial charge on any atom is 0.123 e. The van der Waals surface area contributed by atoms with Crippen LogP contribution in [0.4, 0.5) is 4.39 Å². The van der Waals surface area contributed by atoms with E-state index in [2.05, 4.69) is 0 Å². The second-order valence-corrected chi connectivity index (χ2v) is 6.36. The summed E-state index contributed by atoms with van der Waals surface area (Å²) in [5.74, 6) is 2.03. The van der Waals surface area contributed by atoms with Gasteiger partial charge in [0, 0.05) is 22.1 Å². The average Bonchev–Trinajstić information content (AvgIpc) is 2.82. The van der Waals surface area contributed by atoms with Gasteiger partial charge in [0.2, 0.25) is 0 Å². The molecule has 1 atom stereocenters. The standard InChI is InChI=1S/C14H19FO2S/c1-17-14-7-6-13(15)8-12(14)10-18(16)9-11-4-2-3-5-11/h6-8,11H,2-5,9-10H2,1H3/t18-/m1/s1. The molecule has 0 spiro atoms. The highest BCUT2D eigenvalue weighted by molar-refractivity contribution is 7.84. The van der Waals surface area contributed by atoms with Crippen molar-refractivity contribution in [2.45, 2.75) is 31.4 Å². The maximum absolute atomic E-state index is 13.2. The Morgan fingerprint density at radius 3 is 2.78 bits per heavy atom. The molecule has 1 aliphatic carbocycles. The van der Waals surface area contributed by atoms with Crippen LogP contribution in [0.15, 0.2) is 18.2 Å². The van der Waals surface area contributed by atoms with Gasteiger partial charge in [0.15, 0.2) is 0 Å². The molecule has 0 heterocycles. The number of hydrogen-bond donors (Lipinski definition) is 0. The van der Waals surface area contributed by atoms with Crippen molar-refractivity contribution in [1.29, 1.82) is 0 Å². The molecule has 0 amide bonds. The summed E-state index contributed by atoms with van der Waals surface area (Å²) in [6.07, 6.45) is 4.88. The van der Waals surface area contributed by atoms with Crippen LogP contribution >= 0.6 is 0 Å². The van der Waals surface area contributed by atoms with Gasteiger partial charge >= 0.3 is 0 Å². The number of halogens is 1. The molecular weight excluding hydrogens is 251 g/mol. The first-order valence-corrected chi connectivity index (χ1v) is 7.85. The predicted molar refractivity (Wildman–Crippen MR) is 71.6 cm³/mol. The summed E-state index contributed by atoms with van der Waals surface area (Å²) in [5.41, 5.74) is 0.703. The zero-order chi connectivity index (χ0) is 13.0. The van der Waals surface area contributed by atoms with Crippen molar-refractivity contribution in [3.63, 3.8) is 0 Å². The minimum atomic E-state index is -0.928. The largest absolute Gasteiger partial charge is 0.496 e. The fourth-order valence-corrected chi connectivity index (χ4v) is 4.08. The smallest absolute Gasteiger partial charge is 0.123 e. The molecule has 0 radical (unpaired) electrons. The molecule has 0 unspecified atom stereocenters. The van der Waals surface area contributed by atoms with Crippen molar-refractivity contribution in [2.24, 2.45) is 5.92 Å². The van der Waals surface area contributed by atoms with E-state index >= 15 is 0 Å². The molecule has 4 heteroatoms. The fraction of sp³-hybridized carbons (Fsp3) is 0.571. The molecule has 1 aromatic rings. The highest BCUT2D eigenvalue weighted by Gasteiger charge is 2.18. The number of methoxy groups -OCH3 is 1. The van der Waals surface area contributed by atoms with Crippen LogP contribution in [0.25, 0.3) is 0 Å². The monoisotopic (exact) mass is 270 g/mol. The van der Waals surface area contributed by atoms with Gasteiger partial charge in [-0.15, -0.1) is 0 Å². The van der Waals surface area contributed by atoms with Crippen molar-refractivity contribution < 1.29 is 13.3 Å². The summed E-state index contributed by atoms with van der Waals surface area (Å²) in [7, 11) is 0.625. The lowest BCUT2D eigenvalue weighted by Gasteiger charge is -2.11. The van der Waals surface area contributed by atoms with Crippen LogP contribution in [0, 0.1) is 11.7 Å². The van der Waals surface area contributed by atoms with Crippen LogP contribution in [0.2, 0.25) is 0 Å². The molecule has 0 aliphatic heterocycles. The quantitative estimate of drug-likeness (QED) is 0.821. The van der Waals surface area contributed by atoms with Gasteiger partial charge in [-0.25, -0.2) is 4.39 Å². The lowest BCUT2D eigenvalue weighted by Crippen LogP contribution is -2.10. The normalized spacial score (nSPS) is 17.9. The predicted octanol–water partition coefficient (Wildman–Crippen LogP) is 3.27. The Morgan fingerprint density at radius 2 is 2.11 bits per heavy atom. The van der Waals surface area contributed by atoms with Crippen molar-refractivity contribution in [3.05, 3.63) is 29.6 Å². The molecule has 0 bridgehead atoms. The molecular formula is C14H19FO2S. The maximum atomic E-state index is 13.2. The Morgan fingerprint density at radius 1 is 1.39 bits per heavy atom. The molecule has 2 rings (SSSR count). The fourth-order valence-electron chi connectivity index (χ4n) is 2.53. The first-order valence-electron chi connectivity index (χ1n) is 6.36. The minimum Gasteiger partial charge on any atom is -0.496 e. The van der Waals surface area contributed by atoms with Gasteiger partial charge < -0.3 is 4.74 Å². The molecule has 18 heavy (non-hydrogen) atoms. The first-order chi connectivity index (χ1) is 8.69. The summed E-state index contributed by atoms with van der Waals surface area (Å²) in [6, 6.07) is 4.38. The van der Waals surface area contributed by atoms with Crippen molar-refractivity contribution in [2.75, 3.05) is 12.9 Å². The second kappa shape index (κ2) is 6.32. The zero-order valence-electron chi connectivity index (χ0n) is 10.7. The average molecular weight is 270 g/mol. The van der Waals surface area contributed by atoms with Gasteiger partial charge in [0.1, 0.15) is 11.6 Å². The van der Waals surface area contributed by atoms with Gasteiger partial charge in [-0.05, 0) is 37.0 Å². The Labute approximate surface area is 110 Å². The Kier molecular flexibility index (Phi) is 4.75. The molecule has 1 saturated carbocycles. The number of benzene rings is 1. The Hall–Kier alpha value is -0.900. The van der Waals surface area contributed by atoms with Crippen LogP contribution in [-0.4, -0.2) is 17.1 Å². The number of rotatable bonds is 5. The molecule has 100 valence electrons. The van der Waals surface area contributed by atoms with E-state index in [-0.39, 0.29) is 5.82 Å². The van der Waals surface area contributed by atoms with E-state index in [0.29, 0.717) is 23.0 Å². The molecule has 1 fully saturated rings. The van der Waals surface area contributed by atoms with E-state index in [1.165, 1.54) is 37.8 Å². The molecule has 0 aromatic heterocycles. The molecule has 1 aromatic carbocycles. The SMILES string of the molecule is COc1ccc(F)cc1C[S@](=O)CC1CCCC1. The van der Waals surface area contributed by atoms with E-state index in [4.69, 9.17) is 4.74 Å². The topological polar surface area (TPSA) is 26.3 Å². The Bertz CT molecular complexity index is 428. The Balaban J connectivity index is 1.99. The third-order valence-electron chi connectivity index (χ3n) is 3.46. The van der Waals surface area contributed by atoms with Gasteiger partial charge in [-0.1, -0.05) is 12.8 Å². The van der Waals surface area contributed by atoms with Crippen molar-refractivity contribution in [1.82, 2.24) is 0 Å². The van der Waals surface area contributed by atoms with E-state index in [0.717, 1.165) is 5.75 Å². The van der Waals surface area contributed by atoms with Crippen LogP contribution in [0.3, 0.4) is 0 Å². The van der Waals surface area contributed by atoms with Crippen molar-refractivity contribution in [3.8, 4) is 5.75 Å². The molecule has 0 saturated heterocycles. The highest BCUT2D eigenvalue weighted by Crippen LogP contribution is 2.27. The first kappa shape index (κ1) is 13.5. The lowest BCUT2D eigenvalue weighted by atomic mass is 10.1. The summed E-state index contributed by atoms with van der Waals surface area (Å²) in [5, 5.41) is 0. The van der Waals surface area contributed by atoms with Gasteiger partial charge in [0.05, 0.1) is 12.9 Å². The molecule has 2 nitrogen and oxygen atoms in total. The summed E-state index contributed by atoms with van der Waals surface area (Å²) in [4.78, 5) is 0. The summed E-state index contributed by atoms with van der Waals surface area (Å²) in [6.45, 7) is 0. The van der Waals surface area contributed by atoms with Crippen LogP contribution in [0.1, 0.15) is 31.2 Å². The van der Waals surface area contributed by atoms with Crippen LogP contribution in [0.5, 0.6) is 5.75 Å². The summed E-state index contributed by atoms with van der Waals surface area (Å²) < 4.78 is 30.4. The van der Waals surface area contributed by atoms with Gasteiger partial charge in [-0.2, -0.15) is 0 Å². The van der Waals surface area contributed by atoms with Gasteiger partial charge in [0.25, 0.3) is 0 Å². The van der Waals surface area contributed by atoms with E-state index < -0.39 is 10.8 Å². The summed E-state index contributed by atoms with van der Waals surface area (Å²) >= 11 is 0. The second-order valence-electron chi connectivity index (χ2n) is 4.86. The van der Waals surface area contributed by atoms with E-state index in [1.54, 1.807) is 13.2 Å². The molecule has 0 N–H and O–H groups in total.